The Morgan fingerprint density at radius 1 is 1.21 bits per heavy atom. The van der Waals surface area contributed by atoms with E-state index in [-0.39, 0.29) is 10.7 Å². The quantitative estimate of drug-likeness (QED) is 0.756. The van der Waals surface area contributed by atoms with Crippen molar-refractivity contribution in [2.75, 3.05) is 0 Å². The first-order valence-corrected chi connectivity index (χ1v) is 6.51. The van der Waals surface area contributed by atoms with Crippen molar-refractivity contribution in [2.45, 2.75) is 33.1 Å². The summed E-state index contributed by atoms with van der Waals surface area (Å²) in [4.78, 5) is 8.00. The van der Waals surface area contributed by atoms with Crippen molar-refractivity contribution in [1.82, 2.24) is 9.97 Å². The largest absolute Gasteiger partial charge is 0.439 e. The van der Waals surface area contributed by atoms with Gasteiger partial charge in [0.1, 0.15) is 5.75 Å². The van der Waals surface area contributed by atoms with E-state index in [1.807, 2.05) is 25.1 Å². The number of ether oxygens (including phenoxy) is 1. The summed E-state index contributed by atoms with van der Waals surface area (Å²) in [7, 11) is 0. The van der Waals surface area contributed by atoms with Gasteiger partial charge in [-0.15, -0.1) is 0 Å². The number of rotatable bonds is 2. The Kier molecular flexibility index (Phi) is 3.76. The predicted molar refractivity (Wildman–Crippen MR) is 77.0 cm³/mol. The normalized spacial score (nSPS) is 11.4. The van der Waals surface area contributed by atoms with Gasteiger partial charge in [-0.2, -0.15) is 4.98 Å². The average molecular weight is 277 g/mol. The molecule has 0 bridgehead atoms. The zero-order valence-corrected chi connectivity index (χ0v) is 12.3. The lowest BCUT2D eigenvalue weighted by atomic mass is 9.87. The Balaban J connectivity index is 2.31. The van der Waals surface area contributed by atoms with Gasteiger partial charge in [-0.1, -0.05) is 32.9 Å². The molecule has 1 aromatic carbocycles. The topological polar surface area (TPSA) is 35.0 Å². The van der Waals surface area contributed by atoms with Crippen LogP contribution >= 0.6 is 11.6 Å². The van der Waals surface area contributed by atoms with E-state index in [1.165, 1.54) is 5.56 Å². The monoisotopic (exact) mass is 276 g/mol. The van der Waals surface area contributed by atoms with E-state index >= 15 is 0 Å². The molecule has 3 nitrogen and oxygen atoms in total. The fourth-order valence-corrected chi connectivity index (χ4v) is 1.77. The third-order valence-electron chi connectivity index (χ3n) is 2.81. The minimum atomic E-state index is 0.0811. The molecule has 0 atom stereocenters. The lowest BCUT2D eigenvalue weighted by molar-refractivity contribution is 0.454. The highest BCUT2D eigenvalue weighted by Gasteiger charge is 2.14. The second-order valence-corrected chi connectivity index (χ2v) is 5.85. The van der Waals surface area contributed by atoms with Crippen molar-refractivity contribution in [3.8, 4) is 11.6 Å². The molecule has 0 aliphatic rings. The van der Waals surface area contributed by atoms with Crippen LogP contribution in [0.15, 0.2) is 30.5 Å². The Morgan fingerprint density at radius 3 is 2.63 bits per heavy atom. The molecule has 2 rings (SSSR count). The third kappa shape index (κ3) is 3.44. The van der Waals surface area contributed by atoms with Gasteiger partial charge in [0.15, 0.2) is 0 Å². The molecule has 0 amide bonds. The SMILES string of the molecule is Cc1cnc(Cl)nc1Oc1cccc(C(C)(C)C)c1. The van der Waals surface area contributed by atoms with Crippen LogP contribution in [-0.4, -0.2) is 9.97 Å². The Hall–Kier alpha value is -1.61. The molecule has 4 heteroatoms. The molecule has 0 saturated carbocycles. The summed E-state index contributed by atoms with van der Waals surface area (Å²) in [5, 5.41) is 0.188. The molecule has 0 unspecified atom stereocenters. The average Bonchev–Trinajstić information content (AvgIpc) is 2.33. The van der Waals surface area contributed by atoms with Crippen molar-refractivity contribution in [2.24, 2.45) is 0 Å². The molecule has 0 saturated heterocycles. The third-order valence-corrected chi connectivity index (χ3v) is 2.99. The van der Waals surface area contributed by atoms with Gasteiger partial charge >= 0.3 is 0 Å². The van der Waals surface area contributed by atoms with E-state index in [0.29, 0.717) is 5.88 Å². The maximum atomic E-state index is 5.79. The van der Waals surface area contributed by atoms with Gasteiger partial charge in [-0.3, -0.25) is 0 Å². The summed E-state index contributed by atoms with van der Waals surface area (Å²) < 4.78 is 5.79. The van der Waals surface area contributed by atoms with Crippen LogP contribution in [0, 0.1) is 6.92 Å². The minimum absolute atomic E-state index is 0.0811. The van der Waals surface area contributed by atoms with Gasteiger partial charge in [0.25, 0.3) is 0 Å². The molecular formula is C15H17ClN2O. The molecule has 0 aliphatic heterocycles. The predicted octanol–water partition coefficient (Wildman–Crippen LogP) is 4.53. The molecule has 0 spiro atoms. The smallest absolute Gasteiger partial charge is 0.226 e. The number of aromatic nitrogens is 2. The minimum Gasteiger partial charge on any atom is -0.439 e. The standard InChI is InChI=1S/C15H17ClN2O/c1-10-9-17-14(16)18-13(10)19-12-7-5-6-11(8-12)15(2,3)4/h5-9H,1-4H3. The van der Waals surface area contributed by atoms with Gasteiger partial charge < -0.3 is 4.74 Å². The summed E-state index contributed by atoms with van der Waals surface area (Å²) in [5.74, 6) is 1.25. The second kappa shape index (κ2) is 5.17. The highest BCUT2D eigenvalue weighted by Crippen LogP contribution is 2.29. The van der Waals surface area contributed by atoms with Gasteiger partial charge in [0, 0.05) is 11.8 Å². The van der Waals surface area contributed by atoms with Gasteiger partial charge in [-0.05, 0) is 41.6 Å². The van der Waals surface area contributed by atoms with Crippen LogP contribution in [0.1, 0.15) is 31.9 Å². The summed E-state index contributed by atoms with van der Waals surface area (Å²) in [6.07, 6.45) is 1.65. The van der Waals surface area contributed by atoms with E-state index in [9.17, 15) is 0 Å². The van der Waals surface area contributed by atoms with Crippen LogP contribution < -0.4 is 4.74 Å². The zero-order chi connectivity index (χ0) is 14.0. The van der Waals surface area contributed by atoms with Crippen LogP contribution in [0.2, 0.25) is 5.28 Å². The number of hydrogen-bond donors (Lipinski definition) is 0. The van der Waals surface area contributed by atoms with Crippen LogP contribution in [-0.2, 0) is 5.41 Å². The van der Waals surface area contributed by atoms with Crippen molar-refractivity contribution < 1.29 is 4.74 Å². The Bertz CT molecular complexity index is 591. The lowest BCUT2D eigenvalue weighted by Gasteiger charge is -2.19. The first kappa shape index (κ1) is 13.8. The molecule has 1 aromatic heterocycles. The van der Waals surface area contributed by atoms with Gasteiger partial charge in [-0.25, -0.2) is 4.98 Å². The van der Waals surface area contributed by atoms with Crippen LogP contribution in [0.4, 0.5) is 0 Å². The summed E-state index contributed by atoms with van der Waals surface area (Å²) in [6, 6.07) is 8.00. The van der Waals surface area contributed by atoms with Crippen molar-refractivity contribution in [1.29, 1.82) is 0 Å². The first-order chi connectivity index (χ1) is 8.86. The van der Waals surface area contributed by atoms with Crippen molar-refractivity contribution in [3.05, 3.63) is 46.9 Å². The summed E-state index contributed by atoms with van der Waals surface area (Å²) in [5.41, 5.74) is 2.14. The molecule has 0 N–H and O–H groups in total. The molecule has 0 aliphatic carbocycles. The molecule has 19 heavy (non-hydrogen) atoms. The second-order valence-electron chi connectivity index (χ2n) is 5.51. The highest BCUT2D eigenvalue weighted by atomic mass is 35.5. The molecular weight excluding hydrogens is 260 g/mol. The van der Waals surface area contributed by atoms with E-state index in [0.717, 1.165) is 11.3 Å². The zero-order valence-electron chi connectivity index (χ0n) is 11.6. The van der Waals surface area contributed by atoms with Crippen molar-refractivity contribution in [3.63, 3.8) is 0 Å². The molecule has 0 radical (unpaired) electrons. The van der Waals surface area contributed by atoms with Crippen LogP contribution in [0.25, 0.3) is 0 Å². The van der Waals surface area contributed by atoms with Crippen LogP contribution in [0.3, 0.4) is 0 Å². The van der Waals surface area contributed by atoms with E-state index in [2.05, 4.69) is 36.8 Å². The highest BCUT2D eigenvalue weighted by molar-refractivity contribution is 6.28. The van der Waals surface area contributed by atoms with Gasteiger partial charge in [0.2, 0.25) is 11.2 Å². The first-order valence-electron chi connectivity index (χ1n) is 6.14. The number of hydrogen-bond acceptors (Lipinski definition) is 3. The maximum absolute atomic E-state index is 5.79. The number of benzene rings is 1. The summed E-state index contributed by atoms with van der Waals surface area (Å²) in [6.45, 7) is 8.38. The maximum Gasteiger partial charge on any atom is 0.226 e. The number of nitrogens with zero attached hydrogens (tertiary/aromatic N) is 2. The van der Waals surface area contributed by atoms with E-state index in [1.54, 1.807) is 6.20 Å². The Labute approximate surface area is 118 Å². The van der Waals surface area contributed by atoms with Crippen LogP contribution in [0.5, 0.6) is 11.6 Å². The summed E-state index contributed by atoms with van der Waals surface area (Å²) >= 11 is 5.78. The Morgan fingerprint density at radius 2 is 1.95 bits per heavy atom. The fraction of sp³-hybridized carbons (Fsp3) is 0.333. The molecule has 100 valence electrons. The van der Waals surface area contributed by atoms with Crippen molar-refractivity contribution >= 4 is 11.6 Å². The van der Waals surface area contributed by atoms with E-state index in [4.69, 9.17) is 16.3 Å². The number of halogens is 1. The molecule has 2 aromatic rings. The fourth-order valence-electron chi connectivity index (χ4n) is 1.65. The number of aryl methyl sites for hydroxylation is 1. The molecule has 1 heterocycles. The molecule has 0 fully saturated rings. The van der Waals surface area contributed by atoms with E-state index < -0.39 is 0 Å². The lowest BCUT2D eigenvalue weighted by Crippen LogP contribution is -2.10. The van der Waals surface area contributed by atoms with Gasteiger partial charge in [0.05, 0.1) is 0 Å².